The van der Waals surface area contributed by atoms with Gasteiger partial charge in [0.05, 0.1) is 6.61 Å². The highest BCUT2D eigenvalue weighted by molar-refractivity contribution is 4.98. The average molecular weight is 220 g/mol. The van der Waals surface area contributed by atoms with E-state index in [4.69, 9.17) is 9.84 Å². The minimum absolute atomic E-state index is 0.117. The van der Waals surface area contributed by atoms with E-state index in [2.05, 4.69) is 6.58 Å². The van der Waals surface area contributed by atoms with Gasteiger partial charge in [0.15, 0.2) is 5.79 Å². The number of aliphatic hydroxyl groups excluding tert-OH is 4. The second-order valence-corrected chi connectivity index (χ2v) is 3.60. The first-order valence-corrected chi connectivity index (χ1v) is 4.62. The second-order valence-electron chi connectivity index (χ2n) is 3.60. The van der Waals surface area contributed by atoms with Crippen LogP contribution in [0.4, 0.5) is 0 Å². The fraction of sp³-hybridized carbons (Fsp3) is 0.778. The lowest BCUT2D eigenvalue weighted by molar-refractivity contribution is -0.347. The third kappa shape index (κ3) is 2.20. The Labute approximate surface area is 87.0 Å². The van der Waals surface area contributed by atoms with Crippen molar-refractivity contribution in [2.75, 3.05) is 6.61 Å². The summed E-state index contributed by atoms with van der Waals surface area (Å²) < 4.78 is 4.93. The highest BCUT2D eigenvalue weighted by Crippen LogP contribution is 2.30. The lowest BCUT2D eigenvalue weighted by Crippen LogP contribution is -2.64. The van der Waals surface area contributed by atoms with Crippen LogP contribution in [-0.4, -0.2) is 62.3 Å². The quantitative estimate of drug-likeness (QED) is 0.343. The Morgan fingerprint density at radius 1 is 1.27 bits per heavy atom. The first-order valence-electron chi connectivity index (χ1n) is 4.62. The Kier molecular flexibility index (Phi) is 3.82. The molecule has 6 nitrogen and oxygen atoms in total. The summed E-state index contributed by atoms with van der Waals surface area (Å²) in [6.07, 6.45) is -4.59. The van der Waals surface area contributed by atoms with E-state index in [-0.39, 0.29) is 6.42 Å². The van der Waals surface area contributed by atoms with Crippen molar-refractivity contribution in [3.05, 3.63) is 12.7 Å². The van der Waals surface area contributed by atoms with Crippen molar-refractivity contribution in [1.82, 2.24) is 0 Å². The molecular formula is C9H16O6. The normalized spacial score (nSPS) is 46.5. The maximum atomic E-state index is 9.80. The summed E-state index contributed by atoms with van der Waals surface area (Å²) in [7, 11) is 0. The predicted molar refractivity (Wildman–Crippen MR) is 49.7 cm³/mol. The van der Waals surface area contributed by atoms with Gasteiger partial charge in [-0.25, -0.2) is 0 Å². The minimum Gasteiger partial charge on any atom is -0.394 e. The monoisotopic (exact) mass is 220 g/mol. The van der Waals surface area contributed by atoms with E-state index >= 15 is 0 Å². The van der Waals surface area contributed by atoms with Crippen LogP contribution in [0.5, 0.6) is 0 Å². The maximum Gasteiger partial charge on any atom is 0.198 e. The maximum absolute atomic E-state index is 9.80. The molecule has 1 aliphatic rings. The van der Waals surface area contributed by atoms with E-state index in [9.17, 15) is 20.4 Å². The predicted octanol–water partition coefficient (Wildman–Crippen LogP) is -2.28. The summed E-state index contributed by atoms with van der Waals surface area (Å²) in [6.45, 7) is 2.81. The molecule has 0 saturated carbocycles. The smallest absolute Gasteiger partial charge is 0.198 e. The Hall–Kier alpha value is -0.500. The van der Waals surface area contributed by atoms with Gasteiger partial charge in [0.25, 0.3) is 0 Å². The highest BCUT2D eigenvalue weighted by atomic mass is 16.7. The van der Waals surface area contributed by atoms with E-state index in [1.54, 1.807) is 0 Å². The summed E-state index contributed by atoms with van der Waals surface area (Å²) in [4.78, 5) is 0. The van der Waals surface area contributed by atoms with Gasteiger partial charge in [0.2, 0.25) is 0 Å². The molecule has 5 atom stereocenters. The number of rotatable bonds is 3. The molecule has 0 spiro atoms. The molecule has 88 valence electrons. The van der Waals surface area contributed by atoms with Gasteiger partial charge in [-0.3, -0.25) is 0 Å². The molecule has 1 unspecified atom stereocenters. The van der Waals surface area contributed by atoms with Gasteiger partial charge in [-0.05, 0) is 0 Å². The van der Waals surface area contributed by atoms with E-state index in [0.717, 1.165) is 0 Å². The zero-order chi connectivity index (χ0) is 11.6. The van der Waals surface area contributed by atoms with Gasteiger partial charge in [-0.2, -0.15) is 0 Å². The Bertz CT molecular complexity index is 231. The van der Waals surface area contributed by atoms with Gasteiger partial charge in [0.1, 0.15) is 24.4 Å². The number of hydrogen-bond acceptors (Lipinski definition) is 6. The van der Waals surface area contributed by atoms with E-state index in [1.165, 1.54) is 6.08 Å². The van der Waals surface area contributed by atoms with E-state index in [1.807, 2.05) is 0 Å². The molecule has 0 radical (unpaired) electrons. The van der Waals surface area contributed by atoms with Crippen LogP contribution < -0.4 is 0 Å². The van der Waals surface area contributed by atoms with Crippen molar-refractivity contribution in [2.45, 2.75) is 36.6 Å². The first-order chi connectivity index (χ1) is 6.96. The molecule has 0 bridgehead atoms. The van der Waals surface area contributed by atoms with Crippen LogP contribution in [0.1, 0.15) is 6.42 Å². The summed E-state index contributed by atoms with van der Waals surface area (Å²) >= 11 is 0. The summed E-state index contributed by atoms with van der Waals surface area (Å²) in [5, 5.41) is 47.0. The highest BCUT2D eigenvalue weighted by Gasteiger charge is 2.51. The molecule has 1 heterocycles. The van der Waals surface area contributed by atoms with Crippen molar-refractivity contribution in [3.63, 3.8) is 0 Å². The van der Waals surface area contributed by atoms with Crippen molar-refractivity contribution in [1.29, 1.82) is 0 Å². The molecule has 0 aromatic heterocycles. The first kappa shape index (κ1) is 12.6. The Balaban J connectivity index is 2.86. The molecule has 1 saturated heterocycles. The molecular weight excluding hydrogens is 204 g/mol. The number of hydrogen-bond donors (Lipinski definition) is 5. The van der Waals surface area contributed by atoms with Gasteiger partial charge >= 0.3 is 0 Å². The summed E-state index contributed by atoms with van der Waals surface area (Å²) in [5.74, 6) is -2.02. The second kappa shape index (κ2) is 4.56. The molecule has 6 heteroatoms. The van der Waals surface area contributed by atoms with Crippen LogP contribution >= 0.6 is 0 Å². The van der Waals surface area contributed by atoms with Crippen molar-refractivity contribution in [2.24, 2.45) is 0 Å². The zero-order valence-corrected chi connectivity index (χ0v) is 8.15. The molecule has 15 heavy (non-hydrogen) atoms. The van der Waals surface area contributed by atoms with Crippen molar-refractivity contribution >= 4 is 0 Å². The van der Waals surface area contributed by atoms with Gasteiger partial charge < -0.3 is 30.3 Å². The number of aliphatic hydroxyl groups is 5. The minimum atomic E-state index is -2.02. The van der Waals surface area contributed by atoms with Crippen LogP contribution in [0.3, 0.4) is 0 Å². The molecule has 1 fully saturated rings. The molecule has 1 rings (SSSR count). The molecule has 1 aliphatic heterocycles. The molecule has 5 N–H and O–H groups in total. The average Bonchev–Trinajstić information content (AvgIpc) is 2.21. The van der Waals surface area contributed by atoms with E-state index < -0.39 is 36.8 Å². The standard InChI is InChI=1S/C9H16O6/c1-2-3-9(14)8(13)7(12)6(11)5(4-10)15-9/h2,5-8,10-14H,1,3-4H2/t5-,6-,7+,8-,9?/m1/s1. The fourth-order valence-electron chi connectivity index (χ4n) is 1.60. The van der Waals surface area contributed by atoms with Crippen LogP contribution in [0.2, 0.25) is 0 Å². The zero-order valence-electron chi connectivity index (χ0n) is 8.15. The fourth-order valence-corrected chi connectivity index (χ4v) is 1.60. The van der Waals surface area contributed by atoms with Gasteiger partial charge in [-0.1, -0.05) is 6.08 Å². The molecule has 0 amide bonds. The van der Waals surface area contributed by atoms with Crippen LogP contribution in [-0.2, 0) is 4.74 Å². The lowest BCUT2D eigenvalue weighted by atomic mass is 9.91. The summed E-state index contributed by atoms with van der Waals surface area (Å²) in [5.41, 5.74) is 0. The molecule has 0 aromatic rings. The van der Waals surface area contributed by atoms with Crippen molar-refractivity contribution in [3.8, 4) is 0 Å². The SMILES string of the molecule is C=CCC1(O)O[C@H](CO)[C@@H](O)[C@H](O)[C@H]1O. The number of ether oxygens (including phenoxy) is 1. The lowest BCUT2D eigenvalue weighted by Gasteiger charge is -2.45. The topological polar surface area (TPSA) is 110 Å². The Morgan fingerprint density at radius 2 is 1.87 bits per heavy atom. The van der Waals surface area contributed by atoms with Crippen LogP contribution in [0, 0.1) is 0 Å². The summed E-state index contributed by atoms with van der Waals surface area (Å²) in [6, 6.07) is 0. The molecule has 0 aliphatic carbocycles. The van der Waals surface area contributed by atoms with Gasteiger partial charge in [-0.15, -0.1) is 6.58 Å². The third-order valence-electron chi connectivity index (χ3n) is 2.49. The molecule has 0 aromatic carbocycles. The van der Waals surface area contributed by atoms with Crippen LogP contribution in [0.25, 0.3) is 0 Å². The van der Waals surface area contributed by atoms with Crippen LogP contribution in [0.15, 0.2) is 12.7 Å². The Morgan fingerprint density at radius 3 is 2.33 bits per heavy atom. The van der Waals surface area contributed by atoms with Crippen molar-refractivity contribution < 1.29 is 30.3 Å². The van der Waals surface area contributed by atoms with E-state index in [0.29, 0.717) is 0 Å². The van der Waals surface area contributed by atoms with Gasteiger partial charge in [0, 0.05) is 6.42 Å². The third-order valence-corrected chi connectivity index (χ3v) is 2.49. The largest absolute Gasteiger partial charge is 0.394 e.